The molecule has 0 saturated heterocycles. The molecular weight excluding hydrogens is 144 g/mol. The molecule has 1 nitrogen and oxygen atoms in total. The van der Waals surface area contributed by atoms with Gasteiger partial charge in [0.05, 0.1) is 11.1 Å². The fourth-order valence-corrected chi connectivity index (χ4v) is 1.46. The molecule has 49 valence electrons. The van der Waals surface area contributed by atoms with Gasteiger partial charge in [0.15, 0.2) is 5.76 Å². The van der Waals surface area contributed by atoms with Crippen LogP contribution >= 0.6 is 11.3 Å². The van der Waals surface area contributed by atoms with Crippen molar-refractivity contribution < 1.29 is 4.42 Å². The first kappa shape index (κ1) is 5.74. The molecule has 0 fully saturated rings. The van der Waals surface area contributed by atoms with Crippen LogP contribution < -0.4 is 0 Å². The van der Waals surface area contributed by atoms with E-state index in [1.54, 1.807) is 23.7 Å². The average molecular weight is 149 g/mol. The van der Waals surface area contributed by atoms with Crippen molar-refractivity contribution in [3.63, 3.8) is 0 Å². The van der Waals surface area contributed by atoms with Gasteiger partial charge in [-0.25, -0.2) is 0 Å². The van der Waals surface area contributed by atoms with Crippen LogP contribution in [-0.2, 0) is 0 Å². The Balaban J connectivity index is 2.48. The minimum absolute atomic E-state index is 0.829. The third kappa shape index (κ3) is 0.866. The van der Waals surface area contributed by atoms with Crippen molar-refractivity contribution >= 4 is 11.3 Å². The molecule has 0 bridgehead atoms. The van der Waals surface area contributed by atoms with Gasteiger partial charge in [0.2, 0.25) is 0 Å². The highest BCUT2D eigenvalue weighted by Gasteiger charge is 1.98. The molecule has 0 aromatic carbocycles. The van der Waals surface area contributed by atoms with Crippen LogP contribution in [0.3, 0.4) is 0 Å². The molecule has 0 amide bonds. The summed E-state index contributed by atoms with van der Waals surface area (Å²) in [7, 11) is 0. The first-order valence-corrected chi connectivity index (χ1v) is 3.84. The van der Waals surface area contributed by atoms with Crippen molar-refractivity contribution in [3.8, 4) is 10.6 Å². The summed E-state index contributed by atoms with van der Waals surface area (Å²) in [6.07, 6.45) is 1.63. The van der Waals surface area contributed by atoms with Crippen molar-refractivity contribution in [1.82, 2.24) is 0 Å². The summed E-state index contributed by atoms with van der Waals surface area (Å²) in [6, 6.07) is 8.77. The van der Waals surface area contributed by atoms with Gasteiger partial charge >= 0.3 is 0 Å². The van der Waals surface area contributed by atoms with Crippen LogP contribution in [-0.4, -0.2) is 0 Å². The quantitative estimate of drug-likeness (QED) is 0.607. The standard InChI is InChI=1S/C8H5OS/c1-3-7(9-5-1)8-4-2-6-10-8/h1-2,4-6H. The highest BCUT2D eigenvalue weighted by atomic mass is 32.1. The fraction of sp³-hybridized carbons (Fsp3) is 0. The molecule has 2 rings (SSSR count). The van der Waals surface area contributed by atoms with Gasteiger partial charge in [0.25, 0.3) is 0 Å². The monoisotopic (exact) mass is 149 g/mol. The Hall–Kier alpha value is -1.02. The lowest BCUT2D eigenvalue weighted by molar-refractivity contribution is 0.583. The highest BCUT2D eigenvalue weighted by molar-refractivity contribution is 7.13. The topological polar surface area (TPSA) is 13.1 Å². The van der Waals surface area contributed by atoms with Crippen LogP contribution in [0.25, 0.3) is 10.6 Å². The number of furan rings is 1. The zero-order chi connectivity index (χ0) is 6.81. The molecule has 2 heterocycles. The maximum atomic E-state index is 5.13. The first-order chi connectivity index (χ1) is 4.97. The molecule has 0 atom stereocenters. The van der Waals surface area contributed by atoms with Crippen molar-refractivity contribution in [1.29, 1.82) is 0 Å². The molecule has 2 aromatic heterocycles. The second-order valence-corrected chi connectivity index (χ2v) is 2.82. The Morgan fingerprint density at radius 3 is 3.10 bits per heavy atom. The van der Waals surface area contributed by atoms with Gasteiger partial charge in [0.1, 0.15) is 0 Å². The first-order valence-electron chi connectivity index (χ1n) is 2.96. The van der Waals surface area contributed by atoms with Crippen molar-refractivity contribution in [2.24, 2.45) is 0 Å². The van der Waals surface area contributed by atoms with Crippen LogP contribution in [0.15, 0.2) is 34.3 Å². The molecule has 0 N–H and O–H groups in total. The van der Waals surface area contributed by atoms with E-state index in [1.807, 2.05) is 17.5 Å². The summed E-state index contributed by atoms with van der Waals surface area (Å²) in [4.78, 5) is 1.13. The normalized spacial score (nSPS) is 10.0. The molecule has 2 aromatic rings. The molecule has 1 radical (unpaired) electrons. The molecule has 2 heteroatoms. The summed E-state index contributed by atoms with van der Waals surface area (Å²) in [5.41, 5.74) is 0. The van der Waals surface area contributed by atoms with Crippen LogP contribution in [0.2, 0.25) is 0 Å². The number of rotatable bonds is 1. The average Bonchev–Trinajstić information content (AvgIpc) is 2.59. The molecule has 0 aliphatic carbocycles. The minimum Gasteiger partial charge on any atom is -0.463 e. The van der Waals surface area contributed by atoms with E-state index in [4.69, 9.17) is 4.42 Å². The van der Waals surface area contributed by atoms with E-state index in [9.17, 15) is 0 Å². The highest BCUT2D eigenvalue weighted by Crippen LogP contribution is 2.23. The lowest BCUT2D eigenvalue weighted by atomic mass is 10.4. The maximum absolute atomic E-state index is 5.13. The van der Waals surface area contributed by atoms with Gasteiger partial charge in [-0.3, -0.25) is 0 Å². The third-order valence-electron chi connectivity index (χ3n) is 1.21. The van der Waals surface area contributed by atoms with Crippen LogP contribution in [0, 0.1) is 6.07 Å². The Labute approximate surface area is 62.9 Å². The summed E-state index contributed by atoms with van der Waals surface area (Å²) >= 11 is 1.66. The molecule has 0 aliphatic heterocycles. The smallest absolute Gasteiger partial charge is 0.151 e. The van der Waals surface area contributed by atoms with E-state index in [0.717, 1.165) is 10.6 Å². The van der Waals surface area contributed by atoms with Crippen molar-refractivity contribution in [2.75, 3.05) is 0 Å². The predicted octanol–water partition coefficient (Wildman–Crippen LogP) is 2.81. The maximum Gasteiger partial charge on any atom is 0.151 e. The van der Waals surface area contributed by atoms with E-state index in [2.05, 4.69) is 6.07 Å². The molecule has 0 spiro atoms. The van der Waals surface area contributed by atoms with Crippen LogP contribution in [0.1, 0.15) is 0 Å². The van der Waals surface area contributed by atoms with Gasteiger partial charge in [-0.2, -0.15) is 0 Å². The molecule has 10 heavy (non-hydrogen) atoms. The second kappa shape index (κ2) is 2.31. The predicted molar refractivity (Wildman–Crippen MR) is 40.9 cm³/mol. The number of hydrogen-bond donors (Lipinski definition) is 0. The fourth-order valence-electron chi connectivity index (χ4n) is 0.783. The molecule has 0 unspecified atom stereocenters. The van der Waals surface area contributed by atoms with E-state index in [0.29, 0.717) is 0 Å². The van der Waals surface area contributed by atoms with Crippen molar-refractivity contribution in [2.45, 2.75) is 0 Å². The van der Waals surface area contributed by atoms with E-state index < -0.39 is 0 Å². The lowest BCUT2D eigenvalue weighted by Crippen LogP contribution is -1.59. The Bertz CT molecular complexity index is 249. The summed E-state index contributed by atoms with van der Waals surface area (Å²) in [5.74, 6) is 0.829. The summed E-state index contributed by atoms with van der Waals surface area (Å²) < 4.78 is 5.13. The number of hydrogen-bond acceptors (Lipinski definition) is 2. The van der Waals surface area contributed by atoms with Crippen LogP contribution in [0.5, 0.6) is 0 Å². The Kier molecular flexibility index (Phi) is 1.32. The molecule has 0 aliphatic rings. The molecular formula is C8H5OS. The van der Waals surface area contributed by atoms with Gasteiger partial charge in [0, 0.05) is 6.07 Å². The minimum atomic E-state index is 0.829. The third-order valence-corrected chi connectivity index (χ3v) is 2.08. The van der Waals surface area contributed by atoms with Gasteiger partial charge in [-0.15, -0.1) is 11.3 Å². The largest absolute Gasteiger partial charge is 0.463 e. The Morgan fingerprint density at radius 1 is 1.50 bits per heavy atom. The van der Waals surface area contributed by atoms with Gasteiger partial charge < -0.3 is 4.42 Å². The second-order valence-electron chi connectivity index (χ2n) is 1.87. The van der Waals surface area contributed by atoms with E-state index in [-0.39, 0.29) is 0 Å². The van der Waals surface area contributed by atoms with Gasteiger partial charge in [-0.1, -0.05) is 6.07 Å². The van der Waals surface area contributed by atoms with E-state index >= 15 is 0 Å². The summed E-state index contributed by atoms with van der Waals surface area (Å²) in [6.45, 7) is 0. The Morgan fingerprint density at radius 2 is 2.50 bits per heavy atom. The van der Waals surface area contributed by atoms with Crippen molar-refractivity contribution in [3.05, 3.63) is 35.9 Å². The summed E-state index contributed by atoms with van der Waals surface area (Å²) in [5, 5.41) is 2.02. The van der Waals surface area contributed by atoms with Crippen LogP contribution in [0.4, 0.5) is 0 Å². The van der Waals surface area contributed by atoms with Gasteiger partial charge in [-0.05, 0) is 17.5 Å². The molecule has 0 saturated carbocycles. The zero-order valence-corrected chi connectivity index (χ0v) is 6.02. The SMILES string of the molecule is [c]1ccoc1-c1cccs1. The lowest BCUT2D eigenvalue weighted by Gasteiger charge is -1.84. The number of thiophene rings is 1. The zero-order valence-electron chi connectivity index (χ0n) is 5.20. The van der Waals surface area contributed by atoms with E-state index in [1.165, 1.54) is 0 Å².